The van der Waals surface area contributed by atoms with E-state index in [-0.39, 0.29) is 10.8 Å². The molecule has 2 aromatic carbocycles. The third kappa shape index (κ3) is 4.06. The van der Waals surface area contributed by atoms with Crippen LogP contribution in [-0.4, -0.2) is 62.5 Å². The number of aromatic nitrogens is 3. The zero-order chi connectivity index (χ0) is 23.9. The van der Waals surface area contributed by atoms with Gasteiger partial charge in [0.2, 0.25) is 5.95 Å². The highest BCUT2D eigenvalue weighted by molar-refractivity contribution is 7.90. The maximum atomic E-state index is 12.3. The van der Waals surface area contributed by atoms with Crippen molar-refractivity contribution in [2.45, 2.75) is 4.90 Å². The van der Waals surface area contributed by atoms with Gasteiger partial charge in [-0.15, -0.1) is 0 Å². The van der Waals surface area contributed by atoms with E-state index in [1.54, 1.807) is 42.0 Å². The maximum absolute atomic E-state index is 12.3. The summed E-state index contributed by atoms with van der Waals surface area (Å²) in [5.74, 6) is 0.991. The molecule has 2 aromatic heterocycles. The van der Waals surface area contributed by atoms with E-state index >= 15 is 0 Å². The minimum absolute atomic E-state index is 0.216. The lowest BCUT2D eigenvalue weighted by Crippen LogP contribution is -2.36. The summed E-state index contributed by atoms with van der Waals surface area (Å²) in [4.78, 5) is 11.7. The van der Waals surface area contributed by atoms with Crippen LogP contribution in [0.15, 0.2) is 59.6 Å². The van der Waals surface area contributed by atoms with Gasteiger partial charge in [-0.05, 0) is 18.2 Å². The van der Waals surface area contributed by atoms with Crippen molar-refractivity contribution in [2.75, 3.05) is 50.3 Å². The van der Waals surface area contributed by atoms with E-state index in [4.69, 9.17) is 15.2 Å². The number of nitrogen functional groups attached to an aromatic ring is 1. The largest absolute Gasteiger partial charge is 0.495 e. The standard InChI is InChI=1S/C24H25N5O4S/c1-32-21-13-16(7-8-20(21)28-9-11-33-12-10-28)18-14-23-26-19(15-29(23)24(25)27-18)17-5-3-4-6-22(17)34(2,30)31/h3-8,13-15H,9-12H2,1-2H3,(H2,25,27). The molecule has 176 valence electrons. The molecule has 10 heteroatoms. The Morgan fingerprint density at radius 2 is 1.79 bits per heavy atom. The molecule has 4 aromatic rings. The highest BCUT2D eigenvalue weighted by Gasteiger charge is 2.19. The molecule has 0 radical (unpaired) electrons. The van der Waals surface area contributed by atoms with Gasteiger partial charge >= 0.3 is 0 Å². The zero-order valence-electron chi connectivity index (χ0n) is 18.9. The quantitative estimate of drug-likeness (QED) is 0.465. The van der Waals surface area contributed by atoms with Gasteiger partial charge in [-0.2, -0.15) is 0 Å². The Morgan fingerprint density at radius 1 is 1.03 bits per heavy atom. The minimum atomic E-state index is -3.42. The molecular weight excluding hydrogens is 454 g/mol. The van der Waals surface area contributed by atoms with E-state index in [2.05, 4.69) is 14.9 Å². The van der Waals surface area contributed by atoms with Crippen molar-refractivity contribution >= 4 is 27.1 Å². The van der Waals surface area contributed by atoms with E-state index in [0.717, 1.165) is 30.1 Å². The maximum Gasteiger partial charge on any atom is 0.206 e. The van der Waals surface area contributed by atoms with Gasteiger partial charge in [0.15, 0.2) is 9.84 Å². The van der Waals surface area contributed by atoms with Gasteiger partial charge in [-0.3, -0.25) is 4.40 Å². The summed E-state index contributed by atoms with van der Waals surface area (Å²) < 4.78 is 37.3. The summed E-state index contributed by atoms with van der Waals surface area (Å²) >= 11 is 0. The lowest BCUT2D eigenvalue weighted by atomic mass is 10.1. The SMILES string of the molecule is COc1cc(-c2cc3nc(-c4ccccc4S(C)(=O)=O)cn3c(N)n2)ccc1N1CCOCC1. The van der Waals surface area contributed by atoms with Crippen molar-refractivity contribution in [3.05, 3.63) is 54.7 Å². The number of hydrogen-bond donors (Lipinski definition) is 1. The molecule has 0 unspecified atom stereocenters. The van der Waals surface area contributed by atoms with Gasteiger partial charge in [0.05, 0.1) is 42.3 Å². The second-order valence-electron chi connectivity index (χ2n) is 8.11. The first-order valence-electron chi connectivity index (χ1n) is 10.8. The Labute approximate surface area is 197 Å². The zero-order valence-corrected chi connectivity index (χ0v) is 19.7. The molecule has 5 rings (SSSR count). The second kappa shape index (κ2) is 8.62. The van der Waals surface area contributed by atoms with Crippen LogP contribution in [0, 0.1) is 0 Å². The van der Waals surface area contributed by atoms with E-state index in [1.807, 2.05) is 24.3 Å². The third-order valence-electron chi connectivity index (χ3n) is 5.87. The van der Waals surface area contributed by atoms with Gasteiger partial charge in [0.1, 0.15) is 11.4 Å². The molecule has 9 nitrogen and oxygen atoms in total. The number of methoxy groups -OCH3 is 1. The molecule has 0 amide bonds. The van der Waals surface area contributed by atoms with E-state index in [9.17, 15) is 8.42 Å². The van der Waals surface area contributed by atoms with Crippen LogP contribution < -0.4 is 15.4 Å². The topological polar surface area (TPSA) is 112 Å². The molecule has 3 heterocycles. The van der Waals surface area contributed by atoms with Crippen LogP contribution in [0.5, 0.6) is 5.75 Å². The highest BCUT2D eigenvalue weighted by atomic mass is 32.2. The Hall–Kier alpha value is -3.63. The van der Waals surface area contributed by atoms with Crippen LogP contribution in [0.2, 0.25) is 0 Å². The Kier molecular flexibility index (Phi) is 5.62. The molecular formula is C24H25N5O4S. The van der Waals surface area contributed by atoms with E-state index in [0.29, 0.717) is 35.8 Å². The van der Waals surface area contributed by atoms with Crippen LogP contribution >= 0.6 is 0 Å². The summed E-state index contributed by atoms with van der Waals surface area (Å²) in [5.41, 5.74) is 10.3. The first-order chi connectivity index (χ1) is 16.3. The molecule has 1 fully saturated rings. The first-order valence-corrected chi connectivity index (χ1v) is 12.7. The number of rotatable bonds is 5. The van der Waals surface area contributed by atoms with Crippen molar-refractivity contribution in [3.8, 4) is 28.3 Å². The summed E-state index contributed by atoms with van der Waals surface area (Å²) in [6.45, 7) is 2.98. The van der Waals surface area contributed by atoms with Gasteiger partial charge in [0, 0.05) is 42.7 Å². The Bertz CT molecular complexity index is 1480. The Morgan fingerprint density at radius 3 is 2.53 bits per heavy atom. The molecule has 0 aliphatic carbocycles. The molecule has 1 saturated heterocycles. The minimum Gasteiger partial charge on any atom is -0.495 e. The number of morpholine rings is 1. The number of hydrogen-bond acceptors (Lipinski definition) is 8. The average molecular weight is 480 g/mol. The fourth-order valence-corrected chi connectivity index (χ4v) is 5.09. The molecule has 1 aliphatic rings. The monoisotopic (exact) mass is 479 g/mol. The van der Waals surface area contributed by atoms with Gasteiger partial charge < -0.3 is 20.1 Å². The van der Waals surface area contributed by atoms with Gasteiger partial charge in [0.25, 0.3) is 0 Å². The third-order valence-corrected chi connectivity index (χ3v) is 7.03. The van der Waals surface area contributed by atoms with Crippen LogP contribution in [0.3, 0.4) is 0 Å². The Balaban J connectivity index is 1.57. The van der Waals surface area contributed by atoms with Crippen molar-refractivity contribution in [2.24, 2.45) is 0 Å². The smallest absolute Gasteiger partial charge is 0.206 e. The predicted molar refractivity (Wildman–Crippen MR) is 131 cm³/mol. The first kappa shape index (κ1) is 22.2. The lowest BCUT2D eigenvalue weighted by Gasteiger charge is -2.30. The number of anilines is 2. The molecule has 0 spiro atoms. The normalized spacial score (nSPS) is 14.5. The van der Waals surface area contributed by atoms with Crippen LogP contribution in [0.4, 0.5) is 11.6 Å². The van der Waals surface area contributed by atoms with Crippen molar-refractivity contribution in [3.63, 3.8) is 0 Å². The molecule has 0 bridgehead atoms. The number of fused-ring (bicyclic) bond motifs is 1. The van der Waals surface area contributed by atoms with E-state index in [1.165, 1.54) is 6.26 Å². The predicted octanol–water partition coefficient (Wildman–Crippen LogP) is 2.89. The molecule has 2 N–H and O–H groups in total. The average Bonchev–Trinajstić information content (AvgIpc) is 3.28. The lowest BCUT2D eigenvalue weighted by molar-refractivity contribution is 0.122. The number of nitrogens with two attached hydrogens (primary N) is 1. The van der Waals surface area contributed by atoms with Crippen molar-refractivity contribution < 1.29 is 17.9 Å². The summed E-state index contributed by atoms with van der Waals surface area (Å²) in [6.07, 6.45) is 2.89. The van der Waals surface area contributed by atoms with Crippen molar-refractivity contribution in [1.29, 1.82) is 0 Å². The summed E-state index contributed by atoms with van der Waals surface area (Å²) in [5, 5.41) is 0. The number of benzene rings is 2. The van der Waals surface area contributed by atoms with E-state index < -0.39 is 9.84 Å². The molecule has 0 atom stereocenters. The molecule has 0 saturated carbocycles. The summed E-state index contributed by atoms with van der Waals surface area (Å²) in [7, 11) is -1.78. The van der Waals surface area contributed by atoms with Gasteiger partial charge in [-0.25, -0.2) is 18.4 Å². The highest BCUT2D eigenvalue weighted by Crippen LogP contribution is 2.34. The fourth-order valence-electron chi connectivity index (χ4n) is 4.19. The second-order valence-corrected chi connectivity index (χ2v) is 10.1. The van der Waals surface area contributed by atoms with Crippen LogP contribution in [0.25, 0.3) is 28.2 Å². The number of sulfone groups is 1. The number of imidazole rings is 1. The summed E-state index contributed by atoms with van der Waals surface area (Å²) in [6, 6.07) is 14.5. The number of nitrogens with zero attached hydrogens (tertiary/aromatic N) is 4. The van der Waals surface area contributed by atoms with Crippen LogP contribution in [0.1, 0.15) is 0 Å². The van der Waals surface area contributed by atoms with Gasteiger partial charge in [-0.1, -0.05) is 24.3 Å². The van der Waals surface area contributed by atoms with Crippen LogP contribution in [-0.2, 0) is 14.6 Å². The fraction of sp³-hybridized carbons (Fsp3) is 0.250. The van der Waals surface area contributed by atoms with Crippen molar-refractivity contribution in [1.82, 2.24) is 14.4 Å². The molecule has 1 aliphatic heterocycles. The number of ether oxygens (including phenoxy) is 2. The molecule has 34 heavy (non-hydrogen) atoms.